The van der Waals surface area contributed by atoms with E-state index in [1.54, 1.807) is 26.0 Å². The summed E-state index contributed by atoms with van der Waals surface area (Å²) in [5, 5.41) is 45.7. The van der Waals surface area contributed by atoms with Gasteiger partial charge in [0.2, 0.25) is 5.79 Å². The first-order valence-electron chi connectivity index (χ1n) is 19.4. The van der Waals surface area contributed by atoms with Crippen molar-refractivity contribution in [2.24, 2.45) is 5.41 Å². The van der Waals surface area contributed by atoms with E-state index in [-0.39, 0.29) is 44.1 Å². The van der Waals surface area contributed by atoms with Crippen LogP contribution < -0.4 is 0 Å². The standard InChI is InChI=1S/C39H62O14/c1-6-7-8-9-10-13-32(42)51-36-26(20-33(43)47-5)19-30-23-31(25(2)40)50-34(44)22-27(41)21-28-12-11-16-38(45,52-28)24-29-15-18-48-35(49-29)14-17-37(3,4)39(36,46)53-30/h14,17,20,25,27-31,35-36,40-41,45-46H,6-13,15-16,18-19,21-24H2,1-5H3/b17-14+,26-20+/t25-,27-,28+,29+,30+,31-,35+,36+,38?,39-/m1/s1. The summed E-state index contributed by atoms with van der Waals surface area (Å²) in [5.74, 6) is -5.90. The van der Waals surface area contributed by atoms with Crippen LogP contribution in [0.2, 0.25) is 0 Å². The van der Waals surface area contributed by atoms with Gasteiger partial charge in [-0.1, -0.05) is 52.5 Å². The van der Waals surface area contributed by atoms with Gasteiger partial charge in [-0.05, 0) is 50.7 Å². The van der Waals surface area contributed by atoms with Crippen molar-refractivity contribution in [1.29, 1.82) is 0 Å². The molecule has 4 heterocycles. The number of carbonyl (C=O) groups excluding carboxylic acids is 3. The van der Waals surface area contributed by atoms with E-state index in [1.807, 2.05) is 0 Å². The summed E-state index contributed by atoms with van der Waals surface area (Å²) in [7, 11) is 1.21. The predicted octanol–water partition coefficient (Wildman–Crippen LogP) is 4.03. The zero-order chi connectivity index (χ0) is 38.8. The maximum atomic E-state index is 13.3. The van der Waals surface area contributed by atoms with Crippen molar-refractivity contribution in [3.05, 3.63) is 23.8 Å². The fraction of sp³-hybridized carbons (Fsp3) is 0.821. The van der Waals surface area contributed by atoms with Crippen LogP contribution in [-0.4, -0.2) is 113 Å². The molecule has 3 fully saturated rings. The van der Waals surface area contributed by atoms with Crippen LogP contribution in [0.15, 0.2) is 23.8 Å². The third-order valence-corrected chi connectivity index (χ3v) is 10.7. The highest BCUT2D eigenvalue weighted by Crippen LogP contribution is 2.47. The summed E-state index contributed by atoms with van der Waals surface area (Å²) >= 11 is 0. The molecule has 4 aliphatic heterocycles. The summed E-state index contributed by atoms with van der Waals surface area (Å²) in [5.41, 5.74) is -1.14. The maximum Gasteiger partial charge on any atom is 0.330 e. The van der Waals surface area contributed by atoms with Gasteiger partial charge in [-0.15, -0.1) is 0 Å². The molecule has 1 unspecified atom stereocenters. The molecule has 0 aromatic carbocycles. The summed E-state index contributed by atoms with van der Waals surface area (Å²) in [6, 6.07) is 0. The van der Waals surface area contributed by atoms with Gasteiger partial charge >= 0.3 is 17.9 Å². The molecule has 0 aromatic heterocycles. The molecule has 0 spiro atoms. The minimum Gasteiger partial charge on any atom is -0.466 e. The van der Waals surface area contributed by atoms with Crippen LogP contribution in [-0.2, 0) is 47.5 Å². The lowest BCUT2D eigenvalue weighted by Crippen LogP contribution is -2.62. The second-order valence-corrected chi connectivity index (χ2v) is 15.7. The van der Waals surface area contributed by atoms with Gasteiger partial charge in [-0.25, -0.2) is 4.79 Å². The topological polar surface area (TPSA) is 197 Å². The number of hydrogen-bond acceptors (Lipinski definition) is 14. The van der Waals surface area contributed by atoms with Crippen LogP contribution in [0.3, 0.4) is 0 Å². The molecule has 4 rings (SSSR count). The Labute approximate surface area is 313 Å². The van der Waals surface area contributed by atoms with Crippen LogP contribution >= 0.6 is 0 Å². The molecule has 10 atom stereocenters. The van der Waals surface area contributed by atoms with Gasteiger partial charge in [-0.3, -0.25) is 9.59 Å². The zero-order valence-electron chi connectivity index (χ0n) is 32.0. The molecular weight excluding hydrogens is 692 g/mol. The SMILES string of the molecule is CCCCCCCC(=O)O[C@H]1/C(=C/C(=O)OC)C[C@H]2C[C@H]([C@@H](C)O)OC(=O)C[C@H](O)C[C@@H]3CCCC(O)(C[C@@H]4CCO[C@H](/C=C/C(C)(C)[C@]1(O)O2)O4)O3. The Hall–Kier alpha value is -2.43. The number of ether oxygens (including phenoxy) is 7. The van der Waals surface area contributed by atoms with Crippen molar-refractivity contribution < 1.29 is 68.0 Å². The molecule has 53 heavy (non-hydrogen) atoms. The Balaban J connectivity index is 1.72. The van der Waals surface area contributed by atoms with Crippen molar-refractivity contribution in [3.63, 3.8) is 0 Å². The first kappa shape index (κ1) is 43.3. The van der Waals surface area contributed by atoms with Crippen LogP contribution in [0.1, 0.15) is 124 Å². The average Bonchev–Trinajstić information content (AvgIpc) is 3.08. The number of fused-ring (bicyclic) bond motifs is 6. The quantitative estimate of drug-likeness (QED) is 0.0866. The third kappa shape index (κ3) is 12.3. The van der Waals surface area contributed by atoms with Crippen molar-refractivity contribution in [1.82, 2.24) is 0 Å². The van der Waals surface area contributed by atoms with E-state index in [0.717, 1.165) is 25.7 Å². The third-order valence-electron chi connectivity index (χ3n) is 10.7. The number of rotatable bonds is 9. The molecule has 14 nitrogen and oxygen atoms in total. The number of cyclic esters (lactones) is 1. The molecule has 4 aliphatic rings. The average molecular weight is 755 g/mol. The minimum atomic E-state index is -2.30. The van der Waals surface area contributed by atoms with E-state index in [0.29, 0.717) is 38.7 Å². The molecule has 4 N–H and O–H groups in total. The van der Waals surface area contributed by atoms with Gasteiger partial charge < -0.3 is 53.6 Å². The van der Waals surface area contributed by atoms with Crippen LogP contribution in [0.4, 0.5) is 0 Å². The first-order valence-corrected chi connectivity index (χ1v) is 19.4. The Morgan fingerprint density at radius 2 is 1.79 bits per heavy atom. The smallest absolute Gasteiger partial charge is 0.330 e. The van der Waals surface area contributed by atoms with Gasteiger partial charge in [-0.2, -0.15) is 0 Å². The molecular formula is C39H62O14. The Bertz CT molecular complexity index is 1280. The van der Waals surface area contributed by atoms with Crippen molar-refractivity contribution in [2.45, 2.75) is 185 Å². The van der Waals surface area contributed by atoms with Gasteiger partial charge in [0.15, 0.2) is 18.2 Å². The predicted molar refractivity (Wildman–Crippen MR) is 190 cm³/mol. The normalized spacial score (nSPS) is 37.5. The monoisotopic (exact) mass is 754 g/mol. The second-order valence-electron chi connectivity index (χ2n) is 15.7. The summed E-state index contributed by atoms with van der Waals surface area (Å²) in [4.78, 5) is 39.1. The lowest BCUT2D eigenvalue weighted by molar-refractivity contribution is -0.327. The summed E-state index contributed by atoms with van der Waals surface area (Å²) < 4.78 is 41.2. The molecule has 3 saturated heterocycles. The lowest BCUT2D eigenvalue weighted by Gasteiger charge is -2.51. The Morgan fingerprint density at radius 3 is 2.51 bits per heavy atom. The molecule has 14 heteroatoms. The van der Waals surface area contributed by atoms with Gasteiger partial charge in [0.1, 0.15) is 6.10 Å². The Kier molecular flexibility index (Phi) is 15.9. The van der Waals surface area contributed by atoms with Crippen LogP contribution in [0, 0.1) is 5.41 Å². The van der Waals surface area contributed by atoms with E-state index in [9.17, 15) is 34.8 Å². The number of hydrogen-bond donors (Lipinski definition) is 4. The molecule has 0 aliphatic carbocycles. The number of methoxy groups -OCH3 is 1. The van der Waals surface area contributed by atoms with Crippen molar-refractivity contribution in [3.8, 4) is 0 Å². The van der Waals surface area contributed by atoms with E-state index in [1.165, 1.54) is 20.1 Å². The van der Waals surface area contributed by atoms with Gasteiger partial charge in [0.05, 0.1) is 50.7 Å². The zero-order valence-corrected chi connectivity index (χ0v) is 32.0. The van der Waals surface area contributed by atoms with Gasteiger partial charge in [0, 0.05) is 43.6 Å². The van der Waals surface area contributed by atoms with E-state index < -0.39 is 83.9 Å². The number of unbranched alkanes of at least 4 members (excludes halogenated alkanes) is 4. The molecule has 302 valence electrons. The van der Waals surface area contributed by atoms with E-state index >= 15 is 0 Å². The molecule has 0 amide bonds. The maximum absolute atomic E-state index is 13.3. The number of aliphatic hydroxyl groups excluding tert-OH is 2. The van der Waals surface area contributed by atoms with Crippen LogP contribution in [0.25, 0.3) is 0 Å². The van der Waals surface area contributed by atoms with Gasteiger partial charge in [0.25, 0.3) is 0 Å². The Morgan fingerprint density at radius 1 is 1.04 bits per heavy atom. The molecule has 0 saturated carbocycles. The molecule has 0 radical (unpaired) electrons. The first-order chi connectivity index (χ1) is 25.1. The number of carbonyl (C=O) groups is 3. The fourth-order valence-corrected chi connectivity index (χ4v) is 7.57. The van der Waals surface area contributed by atoms with E-state index in [2.05, 4.69) is 6.92 Å². The highest BCUT2D eigenvalue weighted by atomic mass is 16.7. The van der Waals surface area contributed by atoms with E-state index in [4.69, 9.17) is 33.2 Å². The second kappa shape index (κ2) is 19.4. The molecule has 6 bridgehead atoms. The fourth-order valence-electron chi connectivity index (χ4n) is 7.57. The van der Waals surface area contributed by atoms with Crippen molar-refractivity contribution >= 4 is 17.9 Å². The largest absolute Gasteiger partial charge is 0.466 e. The minimum absolute atomic E-state index is 0.0342. The lowest BCUT2D eigenvalue weighted by atomic mass is 9.74. The van der Waals surface area contributed by atoms with Crippen molar-refractivity contribution in [2.75, 3.05) is 13.7 Å². The summed E-state index contributed by atoms with van der Waals surface area (Å²) in [6.45, 7) is 7.22. The van der Waals surface area contributed by atoms with Crippen LogP contribution in [0.5, 0.6) is 0 Å². The highest BCUT2D eigenvalue weighted by molar-refractivity contribution is 5.83. The highest BCUT2D eigenvalue weighted by Gasteiger charge is 2.58. The summed E-state index contributed by atoms with van der Waals surface area (Å²) in [6.07, 6.45) is 3.18. The molecule has 0 aromatic rings. The number of esters is 3. The number of aliphatic hydroxyl groups is 4.